The van der Waals surface area contributed by atoms with Gasteiger partial charge in [-0.15, -0.1) is 0 Å². The summed E-state index contributed by atoms with van der Waals surface area (Å²) < 4.78 is 11.5. The third-order valence-corrected chi connectivity index (χ3v) is 3.97. The van der Waals surface area contributed by atoms with Crippen LogP contribution in [0, 0.1) is 0 Å². The molecule has 27 heavy (non-hydrogen) atoms. The maximum absolute atomic E-state index is 12.5. The normalized spacial score (nSPS) is 10.2. The van der Waals surface area contributed by atoms with Gasteiger partial charge in [-0.25, -0.2) is 9.59 Å². The van der Waals surface area contributed by atoms with E-state index in [2.05, 4.69) is 0 Å². The Hall–Kier alpha value is -2.86. The lowest BCUT2D eigenvalue weighted by atomic mass is 10.1. The molecule has 0 N–H and O–H groups in total. The lowest BCUT2D eigenvalue weighted by molar-refractivity contribution is -0.146. The monoisotopic (exact) mass is 389 g/mol. The number of Topliss-reactive ketones (excluding diaryl/α,β-unsaturated/α-hetero) is 1. The highest BCUT2D eigenvalue weighted by Crippen LogP contribution is 2.18. The number of hydrogen-bond acceptors (Lipinski definition) is 5. The van der Waals surface area contributed by atoms with Crippen LogP contribution < -0.4 is 0 Å². The van der Waals surface area contributed by atoms with E-state index in [0.717, 1.165) is 0 Å². The Balaban J connectivity index is 2.31. The highest BCUT2D eigenvalue weighted by atomic mass is 35.5. The van der Waals surface area contributed by atoms with Crippen molar-refractivity contribution in [2.75, 3.05) is 13.2 Å². The molecule has 0 saturated carbocycles. The number of hydrogen-bond donors (Lipinski definition) is 0. The van der Waals surface area contributed by atoms with Gasteiger partial charge in [0.25, 0.3) is 0 Å². The Kier molecular flexibility index (Phi) is 7.37. The predicted molar refractivity (Wildman–Crippen MR) is 101 cm³/mol. The Labute approximate surface area is 162 Å². The van der Waals surface area contributed by atoms with Crippen molar-refractivity contribution >= 4 is 35.4 Å². The summed E-state index contributed by atoms with van der Waals surface area (Å²) in [6.07, 6.45) is 3.03. The van der Waals surface area contributed by atoms with Crippen LogP contribution in [-0.4, -0.2) is 35.5 Å². The van der Waals surface area contributed by atoms with E-state index in [1.807, 2.05) is 0 Å². The molecule has 0 atom stereocenters. The molecule has 142 valence electrons. The number of rotatable bonds is 8. The van der Waals surface area contributed by atoms with Gasteiger partial charge in [0, 0.05) is 17.5 Å². The van der Waals surface area contributed by atoms with Gasteiger partial charge in [-0.05, 0) is 44.2 Å². The van der Waals surface area contributed by atoms with E-state index >= 15 is 0 Å². The van der Waals surface area contributed by atoms with E-state index in [4.69, 9.17) is 21.1 Å². The second-order valence-electron chi connectivity index (χ2n) is 5.46. The minimum atomic E-state index is -0.777. The van der Waals surface area contributed by atoms with Crippen LogP contribution in [0.1, 0.15) is 29.9 Å². The Morgan fingerprint density at radius 3 is 2.22 bits per heavy atom. The van der Waals surface area contributed by atoms with Gasteiger partial charge in [-0.1, -0.05) is 23.7 Å². The van der Waals surface area contributed by atoms with Crippen LogP contribution in [0.5, 0.6) is 0 Å². The summed E-state index contributed by atoms with van der Waals surface area (Å²) in [5.41, 5.74) is 0.661. The van der Waals surface area contributed by atoms with Crippen LogP contribution in [0.25, 0.3) is 6.08 Å². The smallest absolute Gasteiger partial charge is 0.345 e. The van der Waals surface area contributed by atoms with Crippen molar-refractivity contribution < 1.29 is 23.9 Å². The number of carbonyl (C=O) groups is 3. The third-order valence-electron chi connectivity index (χ3n) is 3.64. The summed E-state index contributed by atoms with van der Waals surface area (Å²) in [5, 5.41) is 0.366. The van der Waals surface area contributed by atoms with Crippen LogP contribution in [0.3, 0.4) is 0 Å². The van der Waals surface area contributed by atoms with Crippen molar-refractivity contribution in [2.45, 2.75) is 20.4 Å². The summed E-state index contributed by atoms with van der Waals surface area (Å²) in [7, 11) is 0. The summed E-state index contributed by atoms with van der Waals surface area (Å²) in [6, 6.07) is 10.2. The maximum Gasteiger partial charge on any atom is 0.345 e. The van der Waals surface area contributed by atoms with Gasteiger partial charge in [-0.3, -0.25) is 4.79 Å². The van der Waals surface area contributed by atoms with Gasteiger partial charge in [0.1, 0.15) is 5.57 Å². The summed E-state index contributed by atoms with van der Waals surface area (Å²) in [6.45, 7) is 3.54. The largest absolute Gasteiger partial charge is 0.462 e. The molecule has 0 unspecified atom stereocenters. The Bertz CT molecular complexity index is 849. The molecule has 0 aliphatic heterocycles. The number of carbonyl (C=O) groups excluding carboxylic acids is 3. The van der Waals surface area contributed by atoms with Crippen LogP contribution in [0.15, 0.2) is 48.2 Å². The van der Waals surface area contributed by atoms with E-state index in [1.165, 1.54) is 6.08 Å². The molecule has 7 heteroatoms. The van der Waals surface area contributed by atoms with Crippen LogP contribution in [0.2, 0.25) is 5.02 Å². The second kappa shape index (κ2) is 9.73. The van der Waals surface area contributed by atoms with Crippen LogP contribution >= 0.6 is 11.6 Å². The van der Waals surface area contributed by atoms with E-state index in [9.17, 15) is 14.4 Å². The number of nitrogens with zero attached hydrogens (tertiary/aromatic N) is 1. The molecule has 0 aliphatic carbocycles. The SMILES string of the molecule is CCOC(=O)C(=Cc1cccn1CC(=O)c1ccccc1Cl)C(=O)OCC. The lowest BCUT2D eigenvalue weighted by Crippen LogP contribution is -2.19. The average Bonchev–Trinajstić information content (AvgIpc) is 3.07. The Morgan fingerprint density at radius 1 is 1.00 bits per heavy atom. The summed E-state index contributed by atoms with van der Waals surface area (Å²) in [4.78, 5) is 36.7. The van der Waals surface area contributed by atoms with Crippen molar-refractivity contribution in [3.63, 3.8) is 0 Å². The third kappa shape index (κ3) is 5.31. The number of benzene rings is 1. The number of halogens is 1. The predicted octanol–water partition coefficient (Wildman–Crippen LogP) is 3.53. The number of ether oxygens (including phenoxy) is 2. The number of aromatic nitrogens is 1. The quantitative estimate of drug-likeness (QED) is 0.227. The van der Waals surface area contributed by atoms with Crippen molar-refractivity contribution in [2.24, 2.45) is 0 Å². The van der Waals surface area contributed by atoms with Gasteiger partial charge in [0.2, 0.25) is 0 Å². The lowest BCUT2D eigenvalue weighted by Gasteiger charge is -2.09. The molecule has 1 aromatic carbocycles. The molecule has 0 saturated heterocycles. The minimum Gasteiger partial charge on any atom is -0.462 e. The molecule has 0 fully saturated rings. The van der Waals surface area contributed by atoms with Gasteiger partial charge < -0.3 is 14.0 Å². The first kappa shape index (κ1) is 20.5. The molecule has 0 spiro atoms. The molecule has 0 amide bonds. The van der Waals surface area contributed by atoms with Gasteiger partial charge in [-0.2, -0.15) is 0 Å². The van der Waals surface area contributed by atoms with E-state index in [1.54, 1.807) is 61.0 Å². The minimum absolute atomic E-state index is 0.00149. The molecule has 1 aromatic heterocycles. The fourth-order valence-electron chi connectivity index (χ4n) is 2.40. The zero-order valence-electron chi connectivity index (χ0n) is 15.1. The molecule has 0 radical (unpaired) electrons. The van der Waals surface area contributed by atoms with Crippen molar-refractivity contribution in [3.05, 3.63) is 64.4 Å². The first-order valence-electron chi connectivity index (χ1n) is 8.46. The summed E-state index contributed by atoms with van der Waals surface area (Å²) >= 11 is 6.07. The van der Waals surface area contributed by atoms with E-state index < -0.39 is 11.9 Å². The zero-order chi connectivity index (χ0) is 19.8. The molecule has 2 aromatic rings. The van der Waals surface area contributed by atoms with Gasteiger partial charge >= 0.3 is 11.9 Å². The van der Waals surface area contributed by atoms with Gasteiger partial charge in [0.15, 0.2) is 5.78 Å². The molecule has 2 rings (SSSR count). The van der Waals surface area contributed by atoms with Crippen molar-refractivity contribution in [1.29, 1.82) is 0 Å². The standard InChI is InChI=1S/C20H20ClNO5/c1-3-26-19(24)16(20(25)27-4-2)12-14-8-7-11-22(14)13-18(23)15-9-5-6-10-17(15)21/h5-12H,3-4,13H2,1-2H3. The molecule has 0 aliphatic rings. The molecule has 0 bridgehead atoms. The maximum atomic E-state index is 12.5. The second-order valence-corrected chi connectivity index (χ2v) is 5.87. The van der Waals surface area contributed by atoms with E-state index in [0.29, 0.717) is 16.3 Å². The first-order chi connectivity index (χ1) is 13.0. The average molecular weight is 390 g/mol. The number of esters is 2. The molecular weight excluding hydrogens is 370 g/mol. The van der Waals surface area contributed by atoms with E-state index in [-0.39, 0.29) is 31.1 Å². The van der Waals surface area contributed by atoms with Crippen LogP contribution in [-0.2, 0) is 25.6 Å². The zero-order valence-corrected chi connectivity index (χ0v) is 15.9. The van der Waals surface area contributed by atoms with Crippen molar-refractivity contribution in [3.8, 4) is 0 Å². The highest BCUT2D eigenvalue weighted by molar-refractivity contribution is 6.33. The fraction of sp³-hybridized carbons (Fsp3) is 0.250. The molecule has 1 heterocycles. The van der Waals surface area contributed by atoms with Crippen LogP contribution in [0.4, 0.5) is 0 Å². The van der Waals surface area contributed by atoms with Gasteiger partial charge in [0.05, 0.1) is 24.8 Å². The van der Waals surface area contributed by atoms with Crippen molar-refractivity contribution in [1.82, 2.24) is 4.57 Å². The topological polar surface area (TPSA) is 74.6 Å². The Morgan fingerprint density at radius 2 is 1.63 bits per heavy atom. The molecule has 6 nitrogen and oxygen atoms in total. The summed E-state index contributed by atoms with van der Waals surface area (Å²) in [5.74, 6) is -1.75. The highest BCUT2D eigenvalue weighted by Gasteiger charge is 2.22. The first-order valence-corrected chi connectivity index (χ1v) is 8.84. The molecular formula is C20H20ClNO5. The fourth-order valence-corrected chi connectivity index (χ4v) is 2.64. The number of ketones is 1.